The van der Waals surface area contributed by atoms with Gasteiger partial charge in [-0.05, 0) is 24.3 Å². The summed E-state index contributed by atoms with van der Waals surface area (Å²) in [5.41, 5.74) is 0.157. The first kappa shape index (κ1) is 10.8. The van der Waals surface area contributed by atoms with Gasteiger partial charge in [0.1, 0.15) is 5.75 Å². The highest BCUT2D eigenvalue weighted by Gasteiger charge is 2.46. The van der Waals surface area contributed by atoms with Crippen molar-refractivity contribution in [3.63, 3.8) is 0 Å². The minimum Gasteiger partial charge on any atom is -0.508 e. The van der Waals surface area contributed by atoms with Gasteiger partial charge in [-0.3, -0.25) is 4.79 Å². The third-order valence-corrected chi connectivity index (χ3v) is 2.86. The Morgan fingerprint density at radius 3 is 2.31 bits per heavy atom. The molecule has 8 nitrogen and oxygen atoms in total. The van der Waals surface area contributed by atoms with E-state index in [-0.39, 0.29) is 11.3 Å². The first-order valence-corrected chi connectivity index (χ1v) is 5.56. The standard InChI is InChI=1S/C7H8N4O4S/c8-10(11-9-16(11,14)15)7(13)5-1-3-6(12)4-2-5/h1-4,9,12H,8H2. The molecule has 1 aromatic rings. The summed E-state index contributed by atoms with van der Waals surface area (Å²) in [7, 11) is -3.60. The minimum atomic E-state index is -3.60. The monoisotopic (exact) mass is 244 g/mol. The van der Waals surface area contributed by atoms with Crippen LogP contribution < -0.4 is 10.7 Å². The maximum atomic E-state index is 11.6. The number of hydrogen-bond donors (Lipinski definition) is 3. The van der Waals surface area contributed by atoms with Crippen molar-refractivity contribution >= 4 is 16.1 Å². The van der Waals surface area contributed by atoms with E-state index >= 15 is 0 Å². The highest BCUT2D eigenvalue weighted by molar-refractivity contribution is 7.92. The van der Waals surface area contributed by atoms with E-state index in [1.807, 2.05) is 4.83 Å². The molecule has 16 heavy (non-hydrogen) atoms. The van der Waals surface area contributed by atoms with E-state index in [1.54, 1.807) is 0 Å². The topological polar surface area (TPSA) is 126 Å². The normalized spacial score (nSPS) is 21.4. The van der Waals surface area contributed by atoms with Crippen LogP contribution in [0.4, 0.5) is 0 Å². The van der Waals surface area contributed by atoms with Crippen molar-refractivity contribution in [2.24, 2.45) is 5.84 Å². The van der Waals surface area contributed by atoms with E-state index in [4.69, 9.17) is 10.9 Å². The lowest BCUT2D eigenvalue weighted by Crippen LogP contribution is -2.43. The zero-order valence-corrected chi connectivity index (χ0v) is 8.68. The third-order valence-electron chi connectivity index (χ3n) is 1.91. The van der Waals surface area contributed by atoms with Crippen molar-refractivity contribution < 1.29 is 18.3 Å². The van der Waals surface area contributed by atoms with Gasteiger partial charge in [-0.15, -0.1) is 0 Å². The number of hydrazine groups is 3. The van der Waals surface area contributed by atoms with Crippen LogP contribution in [0, 0.1) is 0 Å². The van der Waals surface area contributed by atoms with Crippen molar-refractivity contribution in [1.29, 1.82) is 0 Å². The number of nitrogens with zero attached hydrogens (tertiary/aromatic N) is 2. The second kappa shape index (κ2) is 3.42. The van der Waals surface area contributed by atoms with Crippen LogP contribution in [-0.2, 0) is 10.2 Å². The van der Waals surface area contributed by atoms with Gasteiger partial charge in [-0.2, -0.15) is 13.5 Å². The first-order valence-electron chi connectivity index (χ1n) is 4.12. The fraction of sp³-hybridized carbons (Fsp3) is 0. The van der Waals surface area contributed by atoms with Crippen LogP contribution in [0.15, 0.2) is 24.3 Å². The number of aromatic hydroxyl groups is 1. The molecule has 1 aliphatic rings. The molecule has 1 unspecified atom stereocenters. The molecule has 1 fully saturated rings. The number of phenols is 1. The predicted molar refractivity (Wildman–Crippen MR) is 52.4 cm³/mol. The highest BCUT2D eigenvalue weighted by Crippen LogP contribution is 2.16. The Kier molecular flexibility index (Phi) is 2.31. The molecule has 0 aliphatic carbocycles. The Balaban J connectivity index is 2.17. The summed E-state index contributed by atoms with van der Waals surface area (Å²) >= 11 is 0. The van der Waals surface area contributed by atoms with Crippen molar-refractivity contribution in [2.75, 3.05) is 0 Å². The number of carbonyl (C=O) groups is 1. The molecule has 86 valence electrons. The molecule has 0 bridgehead atoms. The van der Waals surface area contributed by atoms with Crippen LogP contribution in [0.25, 0.3) is 0 Å². The second-order valence-corrected chi connectivity index (χ2v) is 4.51. The quantitative estimate of drug-likeness (QED) is 0.258. The van der Waals surface area contributed by atoms with Gasteiger partial charge in [-0.1, -0.05) is 4.83 Å². The van der Waals surface area contributed by atoms with Crippen molar-refractivity contribution in [3.8, 4) is 5.75 Å². The van der Waals surface area contributed by atoms with E-state index in [2.05, 4.69) is 0 Å². The van der Waals surface area contributed by atoms with E-state index < -0.39 is 16.1 Å². The number of phenolic OH excluding ortho intramolecular Hbond substituents is 1. The summed E-state index contributed by atoms with van der Waals surface area (Å²) in [5.74, 6) is 4.56. The molecule has 1 saturated heterocycles. The predicted octanol–water partition coefficient (Wildman–Crippen LogP) is -1.31. The number of carbonyl (C=O) groups excluding carboxylic acids is 1. The lowest BCUT2D eigenvalue weighted by Gasteiger charge is -2.12. The number of hydrogen-bond acceptors (Lipinski definition) is 5. The molecule has 4 N–H and O–H groups in total. The number of nitrogens with one attached hydrogen (secondary N) is 1. The number of rotatable bonds is 2. The van der Waals surface area contributed by atoms with E-state index in [9.17, 15) is 13.2 Å². The van der Waals surface area contributed by atoms with Gasteiger partial charge in [0.05, 0.1) is 0 Å². The SMILES string of the molecule is NN(C(=O)c1ccc(O)cc1)N1NS1(=O)=O. The molecule has 0 aromatic heterocycles. The molecule has 9 heteroatoms. The van der Waals surface area contributed by atoms with E-state index in [1.165, 1.54) is 24.3 Å². The smallest absolute Gasteiger partial charge is 0.328 e. The maximum absolute atomic E-state index is 11.6. The van der Waals surface area contributed by atoms with Gasteiger partial charge in [0, 0.05) is 10.1 Å². The van der Waals surface area contributed by atoms with Gasteiger partial charge in [0.2, 0.25) is 0 Å². The van der Waals surface area contributed by atoms with Crippen molar-refractivity contribution in [2.45, 2.75) is 0 Å². The molecule has 0 spiro atoms. The van der Waals surface area contributed by atoms with Gasteiger partial charge in [-0.25, -0.2) is 5.84 Å². The van der Waals surface area contributed by atoms with Crippen LogP contribution in [0.2, 0.25) is 0 Å². The van der Waals surface area contributed by atoms with Gasteiger partial charge in [0.25, 0.3) is 5.91 Å². The van der Waals surface area contributed by atoms with Gasteiger partial charge >= 0.3 is 10.2 Å². The Morgan fingerprint density at radius 2 is 1.88 bits per heavy atom. The van der Waals surface area contributed by atoms with Crippen LogP contribution >= 0.6 is 0 Å². The van der Waals surface area contributed by atoms with Crippen LogP contribution in [0.1, 0.15) is 10.4 Å². The molecule has 1 aromatic carbocycles. The zero-order chi connectivity index (χ0) is 11.9. The average Bonchev–Trinajstić information content (AvgIpc) is 2.87. The summed E-state index contributed by atoms with van der Waals surface area (Å²) in [5, 5.41) is 9.44. The molecule has 1 amide bonds. The highest BCUT2D eigenvalue weighted by atomic mass is 32.2. The molecular weight excluding hydrogens is 236 g/mol. The Morgan fingerprint density at radius 1 is 1.38 bits per heavy atom. The minimum absolute atomic E-state index is 0.00223. The average molecular weight is 244 g/mol. The molecule has 1 atom stereocenters. The van der Waals surface area contributed by atoms with Gasteiger partial charge < -0.3 is 5.11 Å². The Labute approximate surface area is 91.0 Å². The van der Waals surface area contributed by atoms with E-state index in [0.717, 1.165) is 0 Å². The first-order chi connectivity index (χ1) is 7.42. The summed E-state index contributed by atoms with van der Waals surface area (Å²) in [4.78, 5) is 13.5. The fourth-order valence-corrected chi connectivity index (χ4v) is 1.80. The van der Waals surface area contributed by atoms with Crippen molar-refractivity contribution in [1.82, 2.24) is 14.5 Å². The number of benzene rings is 1. The molecular formula is C7H8N4O4S. The Bertz CT molecular complexity index is 526. The molecule has 1 aliphatic heterocycles. The van der Waals surface area contributed by atoms with E-state index in [0.29, 0.717) is 9.64 Å². The summed E-state index contributed by atoms with van der Waals surface area (Å²) < 4.78 is 22.1. The number of nitrogens with two attached hydrogens (primary N) is 1. The maximum Gasteiger partial charge on any atom is 0.328 e. The number of amides is 1. The second-order valence-electron chi connectivity index (χ2n) is 3.04. The molecule has 1 heterocycles. The summed E-state index contributed by atoms with van der Waals surface area (Å²) in [6.45, 7) is 0. The summed E-state index contributed by atoms with van der Waals surface area (Å²) in [6.07, 6.45) is 0. The van der Waals surface area contributed by atoms with Gasteiger partial charge in [0.15, 0.2) is 0 Å². The van der Waals surface area contributed by atoms with Crippen LogP contribution in [-0.4, -0.2) is 29.1 Å². The Hall–Kier alpha value is -1.68. The molecule has 2 rings (SSSR count). The summed E-state index contributed by atoms with van der Waals surface area (Å²) in [6, 6.07) is 5.25. The fourth-order valence-electron chi connectivity index (χ4n) is 1.06. The lowest BCUT2D eigenvalue weighted by molar-refractivity contribution is 0.0456. The zero-order valence-electron chi connectivity index (χ0n) is 7.86. The molecule has 0 radical (unpaired) electrons. The van der Waals surface area contributed by atoms with Crippen LogP contribution in [0.5, 0.6) is 5.75 Å². The molecule has 0 saturated carbocycles. The third kappa shape index (κ3) is 1.84. The largest absolute Gasteiger partial charge is 0.508 e. The van der Waals surface area contributed by atoms with Crippen LogP contribution in [0.3, 0.4) is 0 Å². The lowest BCUT2D eigenvalue weighted by atomic mass is 10.2. The van der Waals surface area contributed by atoms with Crippen molar-refractivity contribution in [3.05, 3.63) is 29.8 Å².